The Morgan fingerprint density at radius 3 is 2.17 bits per heavy atom. The summed E-state index contributed by atoms with van der Waals surface area (Å²) in [6.07, 6.45) is 1.02. The lowest BCUT2D eigenvalue weighted by Crippen LogP contribution is -2.39. The van der Waals surface area contributed by atoms with Crippen LogP contribution in [0.1, 0.15) is 17.0 Å². The molecule has 0 aliphatic heterocycles. The van der Waals surface area contributed by atoms with E-state index in [0.717, 1.165) is 11.8 Å². The molecule has 5 nitrogen and oxygen atoms in total. The number of nitrogens with two attached hydrogens (primary N) is 1. The smallest absolute Gasteiger partial charge is 0.325 e. The first-order valence-corrected chi connectivity index (χ1v) is 7.42. The quantitative estimate of drug-likeness (QED) is 0.821. The van der Waals surface area contributed by atoms with Gasteiger partial charge in [0.25, 0.3) is 0 Å². The Morgan fingerprint density at radius 2 is 1.83 bits per heavy atom. The number of hydrogen-bond acceptors (Lipinski definition) is 4. The largest absolute Gasteiger partial charge is 0.480 e. The number of rotatable bonds is 3. The fourth-order valence-corrected chi connectivity index (χ4v) is 4.21. The van der Waals surface area contributed by atoms with E-state index in [2.05, 4.69) is 0 Å². The topological polar surface area (TPSA) is 97.5 Å². The minimum absolute atomic E-state index is 0.654. The number of aliphatic carboxylic acids is 1. The van der Waals surface area contributed by atoms with Crippen LogP contribution in [-0.4, -0.2) is 36.5 Å². The lowest BCUT2D eigenvalue weighted by Gasteiger charge is -2.05. The van der Waals surface area contributed by atoms with E-state index in [1.54, 1.807) is 12.1 Å². The molecular formula is C12H15NO4S. The molecule has 0 saturated heterocycles. The van der Waals surface area contributed by atoms with Crippen molar-refractivity contribution in [1.82, 2.24) is 0 Å². The summed E-state index contributed by atoms with van der Waals surface area (Å²) in [5, 5.41) is 8.09. The van der Waals surface area contributed by atoms with Crippen molar-refractivity contribution in [2.75, 3.05) is 6.26 Å². The molecule has 2 rings (SSSR count). The number of hydrogen-bond donors (Lipinski definition) is 2. The molecule has 3 N–H and O–H groups in total. The van der Waals surface area contributed by atoms with Crippen LogP contribution in [0.5, 0.6) is 0 Å². The molecule has 1 saturated carbocycles. The summed E-state index contributed by atoms with van der Waals surface area (Å²) in [5.74, 6) is -1.95. The van der Waals surface area contributed by atoms with Crippen LogP contribution in [0.15, 0.2) is 24.3 Å². The first kappa shape index (κ1) is 13.0. The van der Waals surface area contributed by atoms with Crippen molar-refractivity contribution >= 4 is 15.8 Å². The van der Waals surface area contributed by atoms with Gasteiger partial charge in [-0.15, -0.1) is 0 Å². The molecule has 0 aromatic heterocycles. The Labute approximate surface area is 106 Å². The predicted octanol–water partition coefficient (Wildman–Crippen LogP) is 0.288. The number of carboxylic acids is 1. The lowest BCUT2D eigenvalue weighted by atomic mass is 10.1. The average Bonchev–Trinajstić information content (AvgIpc) is 2.87. The van der Waals surface area contributed by atoms with Crippen LogP contribution in [0.4, 0.5) is 0 Å². The number of sulfone groups is 1. The zero-order chi connectivity index (χ0) is 13.7. The van der Waals surface area contributed by atoms with Gasteiger partial charge in [-0.05, 0) is 12.5 Å². The van der Waals surface area contributed by atoms with Gasteiger partial charge in [0.2, 0.25) is 0 Å². The average molecular weight is 269 g/mol. The van der Waals surface area contributed by atoms with Crippen LogP contribution in [-0.2, 0) is 14.6 Å². The highest BCUT2D eigenvalue weighted by Crippen LogP contribution is 2.54. The fourth-order valence-electron chi connectivity index (χ4n) is 2.45. The first-order chi connectivity index (χ1) is 8.19. The van der Waals surface area contributed by atoms with Crippen molar-refractivity contribution in [2.45, 2.75) is 23.6 Å². The molecule has 1 aliphatic rings. The van der Waals surface area contributed by atoms with Gasteiger partial charge in [0.05, 0.1) is 5.25 Å². The maximum Gasteiger partial charge on any atom is 0.325 e. The van der Waals surface area contributed by atoms with Crippen molar-refractivity contribution < 1.29 is 18.3 Å². The third-order valence-corrected chi connectivity index (χ3v) is 5.03. The molecule has 0 spiro atoms. The van der Waals surface area contributed by atoms with Crippen molar-refractivity contribution in [3.63, 3.8) is 0 Å². The summed E-state index contributed by atoms with van der Waals surface area (Å²) in [6, 6.07) is 7.09. The zero-order valence-electron chi connectivity index (χ0n) is 10.1. The Morgan fingerprint density at radius 1 is 1.33 bits per heavy atom. The minimum atomic E-state index is -3.50. The molecule has 3 atom stereocenters. The van der Waals surface area contributed by atoms with Gasteiger partial charge >= 0.3 is 5.97 Å². The monoisotopic (exact) mass is 269 g/mol. The van der Waals surface area contributed by atoms with E-state index in [1.807, 2.05) is 19.1 Å². The molecule has 0 bridgehead atoms. The first-order valence-electron chi connectivity index (χ1n) is 5.46. The predicted molar refractivity (Wildman–Crippen MR) is 67.1 cm³/mol. The normalized spacial score (nSPS) is 31.1. The molecule has 1 fully saturated rings. The summed E-state index contributed by atoms with van der Waals surface area (Å²) >= 11 is 0. The second-order valence-electron chi connectivity index (χ2n) is 4.88. The van der Waals surface area contributed by atoms with E-state index < -0.39 is 32.5 Å². The van der Waals surface area contributed by atoms with Crippen molar-refractivity contribution in [1.29, 1.82) is 0 Å². The van der Waals surface area contributed by atoms with E-state index in [9.17, 15) is 13.2 Å². The van der Waals surface area contributed by atoms with Gasteiger partial charge < -0.3 is 10.8 Å². The second-order valence-corrected chi connectivity index (χ2v) is 7.04. The maximum absolute atomic E-state index is 11.6. The molecule has 6 heteroatoms. The van der Waals surface area contributed by atoms with Gasteiger partial charge in [0.1, 0.15) is 5.54 Å². The van der Waals surface area contributed by atoms with Crippen molar-refractivity contribution in [3.8, 4) is 0 Å². The summed E-state index contributed by atoms with van der Waals surface area (Å²) in [7, 11) is -3.50. The highest BCUT2D eigenvalue weighted by molar-refractivity contribution is 7.91. The minimum Gasteiger partial charge on any atom is -0.480 e. The fraction of sp³-hybridized carbons (Fsp3) is 0.417. The zero-order valence-corrected chi connectivity index (χ0v) is 10.9. The molecule has 0 amide bonds. The second kappa shape index (κ2) is 3.80. The molecule has 0 unspecified atom stereocenters. The summed E-state index contributed by atoms with van der Waals surface area (Å²) in [4.78, 5) is 11.2. The Hall–Kier alpha value is -1.40. The summed E-state index contributed by atoms with van der Waals surface area (Å²) in [5.41, 5.74) is 5.73. The molecule has 18 heavy (non-hydrogen) atoms. The number of carbonyl (C=O) groups is 1. The Balaban J connectivity index is 2.45. The number of benzene rings is 1. The van der Waals surface area contributed by atoms with Crippen LogP contribution in [0.3, 0.4) is 0 Å². The van der Waals surface area contributed by atoms with E-state index in [4.69, 9.17) is 10.8 Å². The standard InChI is InChI=1S/C12H15NO4S/c1-7-3-5-8(6-4-7)9-10(18(2,16)17)12(9,13)11(14)15/h3-6,9-10H,13H2,1-2H3,(H,14,15)/t9-,10-,12+/m1/s1. The highest BCUT2D eigenvalue weighted by atomic mass is 32.2. The van der Waals surface area contributed by atoms with E-state index in [1.165, 1.54) is 0 Å². The van der Waals surface area contributed by atoms with Crippen LogP contribution < -0.4 is 5.73 Å². The van der Waals surface area contributed by atoms with Gasteiger partial charge in [-0.3, -0.25) is 4.79 Å². The van der Waals surface area contributed by atoms with E-state index in [0.29, 0.717) is 5.56 Å². The maximum atomic E-state index is 11.6. The van der Waals surface area contributed by atoms with Crippen molar-refractivity contribution in [3.05, 3.63) is 35.4 Å². The third-order valence-electron chi connectivity index (χ3n) is 3.45. The summed E-state index contributed by atoms with van der Waals surface area (Å²) < 4.78 is 23.2. The van der Waals surface area contributed by atoms with Crippen molar-refractivity contribution in [2.24, 2.45) is 5.73 Å². The molecule has 98 valence electrons. The van der Waals surface area contributed by atoms with Gasteiger partial charge in [0, 0.05) is 12.2 Å². The van der Waals surface area contributed by atoms with Gasteiger partial charge in [0.15, 0.2) is 9.84 Å². The lowest BCUT2D eigenvalue weighted by molar-refractivity contribution is -0.139. The molecule has 1 aromatic carbocycles. The van der Waals surface area contributed by atoms with Crippen LogP contribution in [0.25, 0.3) is 0 Å². The number of aryl methyl sites for hydroxylation is 1. The van der Waals surface area contributed by atoms with Crippen LogP contribution in [0, 0.1) is 6.92 Å². The molecule has 1 aliphatic carbocycles. The molecule has 0 heterocycles. The molecule has 0 radical (unpaired) electrons. The van der Waals surface area contributed by atoms with E-state index in [-0.39, 0.29) is 0 Å². The Bertz CT molecular complexity index is 593. The molecular weight excluding hydrogens is 254 g/mol. The van der Waals surface area contributed by atoms with E-state index >= 15 is 0 Å². The van der Waals surface area contributed by atoms with Crippen LogP contribution >= 0.6 is 0 Å². The molecule has 1 aromatic rings. The summed E-state index contributed by atoms with van der Waals surface area (Å²) in [6.45, 7) is 1.90. The van der Waals surface area contributed by atoms with Crippen LogP contribution in [0.2, 0.25) is 0 Å². The van der Waals surface area contributed by atoms with Gasteiger partial charge in [-0.1, -0.05) is 29.8 Å². The highest BCUT2D eigenvalue weighted by Gasteiger charge is 2.73. The number of carboxylic acid groups (broad SMARTS) is 1. The van der Waals surface area contributed by atoms with Gasteiger partial charge in [-0.25, -0.2) is 8.42 Å². The Kier molecular flexibility index (Phi) is 2.75. The van der Waals surface area contributed by atoms with Gasteiger partial charge in [-0.2, -0.15) is 0 Å². The SMILES string of the molecule is Cc1ccc([C@@H]2[C@@H](S(C)(=O)=O)[C@]2(N)C(=O)O)cc1. The third kappa shape index (κ3) is 1.81.